The highest BCUT2D eigenvalue weighted by molar-refractivity contribution is 5.87. The Morgan fingerprint density at radius 1 is 1.14 bits per heavy atom. The van der Waals surface area contributed by atoms with Gasteiger partial charge in [-0.1, -0.05) is 6.07 Å². The zero-order valence-electron chi connectivity index (χ0n) is 22.2. The first-order chi connectivity index (χ1) is 17.5. The van der Waals surface area contributed by atoms with Gasteiger partial charge in [-0.25, -0.2) is 9.18 Å². The highest BCUT2D eigenvalue weighted by atomic mass is 19.1. The number of benzene rings is 2. The van der Waals surface area contributed by atoms with Crippen molar-refractivity contribution < 1.29 is 18.7 Å². The number of hydrogen-bond acceptors (Lipinski definition) is 5. The van der Waals surface area contributed by atoms with Crippen molar-refractivity contribution in [3.05, 3.63) is 64.9 Å². The molecule has 4 aromatic rings. The lowest BCUT2D eigenvalue weighted by atomic mass is 10.0. The van der Waals surface area contributed by atoms with Gasteiger partial charge in [0.05, 0.1) is 17.8 Å². The Hall–Kier alpha value is -3.88. The number of carbonyl (C=O) groups is 1. The maximum absolute atomic E-state index is 14.2. The van der Waals surface area contributed by atoms with Crippen LogP contribution in [0.5, 0.6) is 5.75 Å². The minimum absolute atomic E-state index is 0.356. The first-order valence-corrected chi connectivity index (χ1v) is 12.4. The van der Waals surface area contributed by atoms with E-state index in [4.69, 9.17) is 9.47 Å². The summed E-state index contributed by atoms with van der Waals surface area (Å²) in [6.07, 6.45) is 0.772. The molecule has 0 aliphatic heterocycles. The molecule has 0 bridgehead atoms. The topological polar surface area (TPSA) is 94.1 Å². The molecule has 0 radical (unpaired) electrons. The lowest BCUT2D eigenvalue weighted by Gasteiger charge is -2.19. The van der Waals surface area contributed by atoms with Gasteiger partial charge in [-0.15, -0.1) is 0 Å². The summed E-state index contributed by atoms with van der Waals surface area (Å²) in [5.41, 5.74) is 6.04. The van der Waals surface area contributed by atoms with Gasteiger partial charge in [0.2, 0.25) is 0 Å². The van der Waals surface area contributed by atoms with E-state index in [1.165, 1.54) is 12.1 Å². The summed E-state index contributed by atoms with van der Waals surface area (Å²) in [7, 11) is 1.92. The third-order valence-electron chi connectivity index (χ3n) is 6.20. The summed E-state index contributed by atoms with van der Waals surface area (Å²) in [5, 5.41) is 15.6. The molecule has 2 heterocycles. The Labute approximate surface area is 216 Å². The van der Waals surface area contributed by atoms with E-state index in [1.807, 2.05) is 64.5 Å². The van der Waals surface area contributed by atoms with Gasteiger partial charge in [-0.2, -0.15) is 10.2 Å². The van der Waals surface area contributed by atoms with Crippen LogP contribution in [0.1, 0.15) is 43.4 Å². The third kappa shape index (κ3) is 6.28. The standard InChI is InChI=1S/C28H34FN5O3/c1-17-21(18(2)34(6)33-17)12-14-36-26-16-20(29)8-9-22(26)19-7-10-24-23(15-19)25(32-31-24)11-13-30-27(35)37-28(3,4)5/h7-10,15-16H,11-14H2,1-6H3,(H,30,35)(H,31,32). The van der Waals surface area contributed by atoms with Gasteiger partial charge in [0, 0.05) is 54.8 Å². The molecular weight excluding hydrogens is 473 g/mol. The maximum Gasteiger partial charge on any atom is 0.407 e. The lowest BCUT2D eigenvalue weighted by Crippen LogP contribution is -2.33. The smallest absolute Gasteiger partial charge is 0.407 e. The molecule has 0 saturated carbocycles. The summed E-state index contributed by atoms with van der Waals surface area (Å²) < 4.78 is 27.4. The number of rotatable bonds is 8. The van der Waals surface area contributed by atoms with Crippen LogP contribution in [0.25, 0.3) is 22.0 Å². The summed E-state index contributed by atoms with van der Waals surface area (Å²) in [4.78, 5) is 12.0. The molecule has 1 amide bonds. The zero-order valence-corrected chi connectivity index (χ0v) is 22.2. The van der Waals surface area contributed by atoms with Crippen LogP contribution in [-0.4, -0.2) is 44.8 Å². The number of hydrogen-bond donors (Lipinski definition) is 2. The number of halogens is 1. The Kier molecular flexibility index (Phi) is 7.52. The maximum atomic E-state index is 14.2. The fourth-order valence-electron chi connectivity index (χ4n) is 4.32. The number of aromatic nitrogens is 4. The first-order valence-electron chi connectivity index (χ1n) is 12.4. The van der Waals surface area contributed by atoms with Crippen molar-refractivity contribution in [2.24, 2.45) is 7.05 Å². The van der Waals surface area contributed by atoms with Crippen molar-refractivity contribution >= 4 is 17.0 Å². The van der Waals surface area contributed by atoms with Crippen molar-refractivity contribution in [2.45, 2.75) is 53.1 Å². The fourth-order valence-corrected chi connectivity index (χ4v) is 4.32. The van der Waals surface area contributed by atoms with Crippen molar-refractivity contribution in [1.82, 2.24) is 25.3 Å². The monoisotopic (exact) mass is 507 g/mol. The largest absolute Gasteiger partial charge is 0.492 e. The van der Waals surface area contributed by atoms with Crippen molar-refractivity contribution in [3.8, 4) is 16.9 Å². The zero-order chi connectivity index (χ0) is 26.7. The highest BCUT2D eigenvalue weighted by Gasteiger charge is 2.17. The summed E-state index contributed by atoms with van der Waals surface area (Å²) in [6, 6.07) is 10.5. The Balaban J connectivity index is 1.50. The second-order valence-corrected chi connectivity index (χ2v) is 10.1. The molecule has 196 valence electrons. The van der Waals surface area contributed by atoms with Crippen LogP contribution >= 0.6 is 0 Å². The summed E-state index contributed by atoms with van der Waals surface area (Å²) in [6.45, 7) is 10.3. The molecule has 37 heavy (non-hydrogen) atoms. The van der Waals surface area contributed by atoms with E-state index in [0.29, 0.717) is 31.7 Å². The predicted octanol–water partition coefficient (Wildman–Crippen LogP) is 5.41. The van der Waals surface area contributed by atoms with E-state index < -0.39 is 11.7 Å². The van der Waals surface area contributed by atoms with E-state index in [1.54, 1.807) is 6.07 Å². The molecular formula is C28H34FN5O3. The predicted molar refractivity (Wildman–Crippen MR) is 141 cm³/mol. The molecule has 0 saturated heterocycles. The number of amides is 1. The molecule has 0 unspecified atom stereocenters. The molecule has 9 heteroatoms. The van der Waals surface area contributed by atoms with E-state index in [2.05, 4.69) is 20.6 Å². The van der Waals surface area contributed by atoms with Crippen molar-refractivity contribution in [2.75, 3.05) is 13.2 Å². The van der Waals surface area contributed by atoms with Crippen LogP contribution in [0.15, 0.2) is 36.4 Å². The molecule has 0 aliphatic carbocycles. The number of carbonyl (C=O) groups excluding carboxylic acids is 1. The van der Waals surface area contributed by atoms with E-state index in [9.17, 15) is 9.18 Å². The molecule has 0 atom stereocenters. The van der Waals surface area contributed by atoms with Gasteiger partial charge in [0.15, 0.2) is 0 Å². The number of nitrogens with zero attached hydrogens (tertiary/aromatic N) is 3. The van der Waals surface area contributed by atoms with Gasteiger partial charge >= 0.3 is 6.09 Å². The van der Waals surface area contributed by atoms with Crippen LogP contribution in [0.4, 0.5) is 9.18 Å². The molecule has 2 N–H and O–H groups in total. The summed E-state index contributed by atoms with van der Waals surface area (Å²) in [5.74, 6) is 0.126. The molecule has 0 spiro atoms. The number of aromatic amines is 1. The van der Waals surface area contributed by atoms with Gasteiger partial charge in [0.25, 0.3) is 0 Å². The van der Waals surface area contributed by atoms with Gasteiger partial charge < -0.3 is 14.8 Å². The average Bonchev–Trinajstić information content (AvgIpc) is 3.32. The Morgan fingerprint density at radius 3 is 2.62 bits per heavy atom. The second-order valence-electron chi connectivity index (χ2n) is 10.1. The molecule has 0 fully saturated rings. The quantitative estimate of drug-likeness (QED) is 0.333. The SMILES string of the molecule is Cc1nn(C)c(C)c1CCOc1cc(F)ccc1-c1ccc2n[nH]c(CCNC(=O)OC(C)(C)C)c2c1. The number of alkyl carbamates (subject to hydrolysis) is 1. The number of ether oxygens (including phenoxy) is 2. The van der Waals surface area contributed by atoms with Crippen LogP contribution in [0, 0.1) is 19.7 Å². The Morgan fingerprint density at radius 2 is 1.92 bits per heavy atom. The van der Waals surface area contributed by atoms with Gasteiger partial charge in [-0.3, -0.25) is 9.78 Å². The number of H-pyrrole nitrogens is 1. The molecule has 2 aromatic heterocycles. The van der Waals surface area contributed by atoms with Crippen LogP contribution in [0.3, 0.4) is 0 Å². The Bertz CT molecular complexity index is 1420. The highest BCUT2D eigenvalue weighted by Crippen LogP contribution is 2.33. The fraction of sp³-hybridized carbons (Fsp3) is 0.393. The van der Waals surface area contributed by atoms with Crippen LogP contribution in [-0.2, 0) is 24.6 Å². The van der Waals surface area contributed by atoms with Crippen LogP contribution in [0.2, 0.25) is 0 Å². The number of aryl methyl sites for hydroxylation is 2. The second kappa shape index (κ2) is 10.6. The van der Waals surface area contributed by atoms with Crippen molar-refractivity contribution in [1.29, 1.82) is 0 Å². The van der Waals surface area contributed by atoms with Gasteiger partial charge in [-0.05, 0) is 70.0 Å². The average molecular weight is 508 g/mol. The first kappa shape index (κ1) is 26.2. The minimum Gasteiger partial charge on any atom is -0.492 e. The normalized spacial score (nSPS) is 11.6. The molecule has 0 aliphatic rings. The number of fused-ring (bicyclic) bond motifs is 1. The molecule has 4 rings (SSSR count). The van der Waals surface area contributed by atoms with E-state index in [0.717, 1.165) is 44.7 Å². The van der Waals surface area contributed by atoms with E-state index >= 15 is 0 Å². The minimum atomic E-state index is -0.551. The van der Waals surface area contributed by atoms with Gasteiger partial charge in [0.1, 0.15) is 17.2 Å². The third-order valence-corrected chi connectivity index (χ3v) is 6.20. The molecule has 8 nitrogen and oxygen atoms in total. The number of nitrogens with one attached hydrogen (secondary N) is 2. The summed E-state index contributed by atoms with van der Waals surface area (Å²) >= 11 is 0. The van der Waals surface area contributed by atoms with Crippen molar-refractivity contribution in [3.63, 3.8) is 0 Å². The lowest BCUT2D eigenvalue weighted by molar-refractivity contribution is 0.0528. The molecule has 2 aromatic carbocycles. The van der Waals surface area contributed by atoms with Crippen LogP contribution < -0.4 is 10.1 Å². The van der Waals surface area contributed by atoms with E-state index in [-0.39, 0.29) is 5.82 Å².